The number of rotatable bonds is 9. The molecule has 0 saturated heterocycles. The van der Waals surface area contributed by atoms with Gasteiger partial charge in [0.25, 0.3) is 0 Å². The standard InChI is InChI=1S/C26H31NO4/c1-6-8-13-27-24(28)14-17(3)20-15-21-22(19-11-9-10-12-23(19)29-5)16-31-26(21)18(4)25(20)30-7-2/h9-12,14-16H,6-8,13H2,1-5H3,(H,27,28)/b17-14+. The van der Waals surface area contributed by atoms with Gasteiger partial charge in [0.15, 0.2) is 0 Å². The maximum Gasteiger partial charge on any atom is 0.244 e. The van der Waals surface area contributed by atoms with Crippen LogP contribution in [-0.4, -0.2) is 26.2 Å². The van der Waals surface area contributed by atoms with Crippen LogP contribution in [0.1, 0.15) is 44.7 Å². The highest BCUT2D eigenvalue weighted by molar-refractivity contribution is 6.02. The summed E-state index contributed by atoms with van der Waals surface area (Å²) >= 11 is 0. The predicted octanol–water partition coefficient (Wildman–Crippen LogP) is 6.14. The van der Waals surface area contributed by atoms with Crippen LogP contribution < -0.4 is 14.8 Å². The van der Waals surface area contributed by atoms with Gasteiger partial charge in [0.1, 0.15) is 17.1 Å². The topological polar surface area (TPSA) is 60.7 Å². The number of fused-ring (bicyclic) bond motifs is 1. The molecule has 31 heavy (non-hydrogen) atoms. The molecule has 0 atom stereocenters. The van der Waals surface area contributed by atoms with Crippen molar-refractivity contribution in [1.29, 1.82) is 0 Å². The number of aryl methyl sites for hydroxylation is 1. The highest BCUT2D eigenvalue weighted by atomic mass is 16.5. The fourth-order valence-electron chi connectivity index (χ4n) is 3.73. The van der Waals surface area contributed by atoms with Crippen LogP contribution in [0.15, 0.2) is 47.1 Å². The summed E-state index contributed by atoms with van der Waals surface area (Å²) in [6, 6.07) is 9.91. The van der Waals surface area contributed by atoms with Gasteiger partial charge in [-0.1, -0.05) is 31.5 Å². The summed E-state index contributed by atoms with van der Waals surface area (Å²) in [7, 11) is 1.66. The minimum absolute atomic E-state index is 0.0942. The zero-order valence-corrected chi connectivity index (χ0v) is 19.0. The molecule has 0 aliphatic carbocycles. The van der Waals surface area contributed by atoms with Crippen molar-refractivity contribution in [2.75, 3.05) is 20.3 Å². The van der Waals surface area contributed by atoms with Crippen molar-refractivity contribution >= 4 is 22.4 Å². The van der Waals surface area contributed by atoms with Crippen molar-refractivity contribution in [3.05, 3.63) is 53.8 Å². The average Bonchev–Trinajstić information content (AvgIpc) is 3.19. The fourth-order valence-corrected chi connectivity index (χ4v) is 3.73. The second-order valence-corrected chi connectivity index (χ2v) is 7.51. The third kappa shape index (κ3) is 4.76. The van der Waals surface area contributed by atoms with Gasteiger partial charge in [-0.15, -0.1) is 0 Å². The number of hydrogen-bond donors (Lipinski definition) is 1. The third-order valence-electron chi connectivity index (χ3n) is 5.33. The summed E-state index contributed by atoms with van der Waals surface area (Å²) in [5.74, 6) is 1.43. The van der Waals surface area contributed by atoms with Crippen molar-refractivity contribution in [3.63, 3.8) is 0 Å². The first kappa shape index (κ1) is 22.5. The molecule has 0 unspecified atom stereocenters. The molecule has 164 valence electrons. The number of amides is 1. The highest BCUT2D eigenvalue weighted by Crippen LogP contribution is 2.42. The quantitative estimate of drug-likeness (QED) is 0.333. The molecule has 5 nitrogen and oxygen atoms in total. The predicted molar refractivity (Wildman–Crippen MR) is 126 cm³/mol. The molecule has 0 bridgehead atoms. The molecule has 5 heteroatoms. The van der Waals surface area contributed by atoms with Gasteiger partial charge in [-0.3, -0.25) is 4.79 Å². The SMILES string of the molecule is CCCCNC(=O)/C=C(\C)c1cc2c(-c3ccccc3OC)coc2c(C)c1OCC. The molecule has 1 N–H and O–H groups in total. The molecule has 0 fully saturated rings. The number of nitrogens with one attached hydrogen (secondary N) is 1. The molecule has 1 amide bonds. The van der Waals surface area contributed by atoms with Crippen LogP contribution in [0.4, 0.5) is 0 Å². The summed E-state index contributed by atoms with van der Waals surface area (Å²) in [5, 5.41) is 3.90. The highest BCUT2D eigenvalue weighted by Gasteiger charge is 2.20. The van der Waals surface area contributed by atoms with Gasteiger partial charge < -0.3 is 19.2 Å². The van der Waals surface area contributed by atoms with Gasteiger partial charge in [0, 0.05) is 40.3 Å². The fraction of sp³-hybridized carbons (Fsp3) is 0.346. The van der Waals surface area contributed by atoms with E-state index < -0.39 is 0 Å². The third-order valence-corrected chi connectivity index (χ3v) is 5.33. The molecule has 0 saturated carbocycles. The molecular weight excluding hydrogens is 390 g/mol. The monoisotopic (exact) mass is 421 g/mol. The molecule has 0 radical (unpaired) electrons. The first-order chi connectivity index (χ1) is 15.0. The Morgan fingerprint density at radius 3 is 2.68 bits per heavy atom. The smallest absolute Gasteiger partial charge is 0.244 e. The lowest BCUT2D eigenvalue weighted by atomic mass is 9.96. The second-order valence-electron chi connectivity index (χ2n) is 7.51. The van der Waals surface area contributed by atoms with E-state index in [-0.39, 0.29) is 5.91 Å². The first-order valence-electron chi connectivity index (χ1n) is 10.8. The van der Waals surface area contributed by atoms with Crippen molar-refractivity contribution in [3.8, 4) is 22.6 Å². The summed E-state index contributed by atoms with van der Waals surface area (Å²) in [4.78, 5) is 12.4. The largest absolute Gasteiger partial charge is 0.496 e. The number of carbonyl (C=O) groups excluding carboxylic acids is 1. The molecule has 0 aliphatic rings. The Balaban J connectivity index is 2.14. The number of hydrogen-bond acceptors (Lipinski definition) is 4. The van der Waals surface area contributed by atoms with Gasteiger partial charge in [-0.05, 0) is 44.9 Å². The Morgan fingerprint density at radius 1 is 1.19 bits per heavy atom. The normalized spacial score (nSPS) is 11.6. The van der Waals surface area contributed by atoms with Crippen molar-refractivity contribution < 1.29 is 18.7 Å². The summed E-state index contributed by atoms with van der Waals surface area (Å²) < 4.78 is 17.5. The van der Waals surface area contributed by atoms with Crippen LogP contribution in [0, 0.1) is 6.92 Å². The van der Waals surface area contributed by atoms with E-state index in [9.17, 15) is 4.79 Å². The molecule has 1 aromatic heterocycles. The van der Waals surface area contributed by atoms with Gasteiger partial charge in [0.2, 0.25) is 5.91 Å². The molecular formula is C26H31NO4. The molecule has 0 spiro atoms. The van der Waals surface area contributed by atoms with Crippen LogP contribution in [0.2, 0.25) is 0 Å². The number of ether oxygens (including phenoxy) is 2. The maximum atomic E-state index is 12.4. The van der Waals surface area contributed by atoms with E-state index in [0.29, 0.717) is 13.2 Å². The number of methoxy groups -OCH3 is 1. The van der Waals surface area contributed by atoms with Crippen molar-refractivity contribution in [2.45, 2.75) is 40.5 Å². The lowest BCUT2D eigenvalue weighted by molar-refractivity contribution is -0.116. The Labute approximate surface area is 184 Å². The van der Waals surface area contributed by atoms with E-state index in [1.165, 1.54) is 0 Å². The summed E-state index contributed by atoms with van der Waals surface area (Å²) in [6.07, 6.45) is 5.40. The van der Waals surface area contributed by atoms with E-state index in [1.54, 1.807) is 19.4 Å². The number of para-hydroxylation sites is 1. The van der Waals surface area contributed by atoms with E-state index in [0.717, 1.165) is 63.1 Å². The number of benzene rings is 2. The van der Waals surface area contributed by atoms with Crippen molar-refractivity contribution in [2.24, 2.45) is 0 Å². The van der Waals surface area contributed by atoms with E-state index in [1.807, 2.05) is 51.1 Å². The van der Waals surface area contributed by atoms with Crippen LogP contribution in [0.3, 0.4) is 0 Å². The number of carbonyl (C=O) groups is 1. The summed E-state index contributed by atoms with van der Waals surface area (Å²) in [6.45, 7) is 9.17. The Kier molecular flexibility index (Phi) is 7.40. The van der Waals surface area contributed by atoms with Crippen LogP contribution in [0.25, 0.3) is 27.7 Å². The maximum absolute atomic E-state index is 12.4. The van der Waals surface area contributed by atoms with Gasteiger partial charge in [0.05, 0.1) is 20.0 Å². The van der Waals surface area contributed by atoms with Gasteiger partial charge in [-0.2, -0.15) is 0 Å². The molecule has 1 heterocycles. The van der Waals surface area contributed by atoms with E-state index in [2.05, 4.69) is 12.2 Å². The van der Waals surface area contributed by atoms with Crippen molar-refractivity contribution in [1.82, 2.24) is 5.32 Å². The molecule has 0 aliphatic heterocycles. The second kappa shape index (κ2) is 10.2. The summed E-state index contributed by atoms with van der Waals surface area (Å²) in [5.41, 5.74) is 5.31. The van der Waals surface area contributed by atoms with Crippen LogP contribution in [0.5, 0.6) is 11.5 Å². The van der Waals surface area contributed by atoms with E-state index in [4.69, 9.17) is 13.9 Å². The minimum Gasteiger partial charge on any atom is -0.496 e. The van der Waals surface area contributed by atoms with Crippen LogP contribution in [-0.2, 0) is 4.79 Å². The number of unbranched alkanes of at least 4 members (excludes halogenated alkanes) is 1. The Hall–Kier alpha value is -3.21. The Morgan fingerprint density at radius 2 is 1.97 bits per heavy atom. The van der Waals surface area contributed by atoms with Crippen LogP contribution >= 0.6 is 0 Å². The number of allylic oxidation sites excluding steroid dienone is 1. The molecule has 3 aromatic rings. The Bertz CT molecular complexity index is 1090. The minimum atomic E-state index is -0.0942. The van der Waals surface area contributed by atoms with E-state index >= 15 is 0 Å². The molecule has 2 aromatic carbocycles. The van der Waals surface area contributed by atoms with Gasteiger partial charge >= 0.3 is 0 Å². The lowest BCUT2D eigenvalue weighted by Gasteiger charge is -2.15. The average molecular weight is 422 g/mol. The zero-order valence-electron chi connectivity index (χ0n) is 19.0. The number of furan rings is 1. The molecule has 3 rings (SSSR count). The first-order valence-corrected chi connectivity index (χ1v) is 10.8. The lowest BCUT2D eigenvalue weighted by Crippen LogP contribution is -2.22. The zero-order chi connectivity index (χ0) is 22.4. The van der Waals surface area contributed by atoms with Gasteiger partial charge in [-0.25, -0.2) is 0 Å².